The van der Waals surface area contributed by atoms with Crippen LogP contribution in [0.15, 0.2) is 109 Å². The Balaban J connectivity index is 1.45. The highest BCUT2D eigenvalue weighted by Crippen LogP contribution is 2.29. The van der Waals surface area contributed by atoms with Gasteiger partial charge in [0.25, 0.3) is 0 Å². The third-order valence-electron chi connectivity index (χ3n) is 7.11. The van der Waals surface area contributed by atoms with Crippen LogP contribution < -0.4 is 10.1 Å². The molecule has 5 aromatic rings. The molecule has 5 rings (SSSR count). The molecule has 1 atom stereocenters. The predicted octanol–water partition coefficient (Wildman–Crippen LogP) is 7.32. The predicted molar refractivity (Wildman–Crippen MR) is 159 cm³/mol. The summed E-state index contributed by atoms with van der Waals surface area (Å²) in [7, 11) is 0. The molecule has 0 aromatic heterocycles. The normalized spacial score (nSPS) is 11.4. The Bertz CT molecular complexity index is 1780. The van der Waals surface area contributed by atoms with Gasteiger partial charge in [-0.3, -0.25) is 4.79 Å². The molecular weight excluding hydrogens is 512 g/mol. The Morgan fingerprint density at radius 2 is 1.63 bits per heavy atom. The smallest absolute Gasteiger partial charge is 0.335 e. The summed E-state index contributed by atoms with van der Waals surface area (Å²) in [6, 6.07) is 35.5. The molecule has 0 fully saturated rings. The molecule has 0 heterocycles. The van der Waals surface area contributed by atoms with Crippen molar-refractivity contribution in [1.82, 2.24) is 0 Å². The van der Waals surface area contributed by atoms with E-state index in [0.29, 0.717) is 29.0 Å². The van der Waals surface area contributed by atoms with Gasteiger partial charge >= 0.3 is 5.97 Å². The fourth-order valence-electron chi connectivity index (χ4n) is 4.90. The summed E-state index contributed by atoms with van der Waals surface area (Å²) in [5, 5.41) is 24.1. The largest absolute Gasteiger partial charge is 0.489 e. The van der Waals surface area contributed by atoms with Gasteiger partial charge in [0.2, 0.25) is 5.91 Å². The van der Waals surface area contributed by atoms with Gasteiger partial charge in [-0.15, -0.1) is 0 Å². The third-order valence-corrected chi connectivity index (χ3v) is 7.11. The first-order chi connectivity index (χ1) is 19.9. The molecular formula is C35H28N2O4. The zero-order valence-corrected chi connectivity index (χ0v) is 22.5. The van der Waals surface area contributed by atoms with E-state index in [9.17, 15) is 20.0 Å². The SMILES string of the molecule is CC(C(=O)Nc1cc(COc2cccc(C#N)c2)ccc1Cc1ccccc1C(=O)O)c1cccc2ccccc12. The van der Waals surface area contributed by atoms with E-state index < -0.39 is 11.9 Å². The van der Waals surface area contributed by atoms with Crippen LogP contribution in [0.1, 0.15) is 51.0 Å². The molecule has 202 valence electrons. The number of amides is 1. The molecule has 0 saturated carbocycles. The number of nitrogens with zero attached hydrogens (tertiary/aromatic N) is 1. The van der Waals surface area contributed by atoms with Crippen LogP contribution in [0, 0.1) is 11.3 Å². The van der Waals surface area contributed by atoms with Crippen molar-refractivity contribution in [3.63, 3.8) is 0 Å². The lowest BCUT2D eigenvalue weighted by Crippen LogP contribution is -2.20. The van der Waals surface area contributed by atoms with Crippen LogP contribution in [0.25, 0.3) is 10.8 Å². The maximum Gasteiger partial charge on any atom is 0.335 e. The number of rotatable bonds is 9. The molecule has 0 bridgehead atoms. The van der Waals surface area contributed by atoms with Crippen molar-refractivity contribution < 1.29 is 19.4 Å². The van der Waals surface area contributed by atoms with E-state index in [-0.39, 0.29) is 18.1 Å². The summed E-state index contributed by atoms with van der Waals surface area (Å²) in [4.78, 5) is 25.5. The molecule has 0 aliphatic rings. The first kappa shape index (κ1) is 27.2. The van der Waals surface area contributed by atoms with Crippen molar-refractivity contribution >= 4 is 28.3 Å². The number of carbonyl (C=O) groups excluding carboxylic acids is 1. The van der Waals surface area contributed by atoms with E-state index in [0.717, 1.165) is 27.5 Å². The van der Waals surface area contributed by atoms with Crippen LogP contribution in [0.2, 0.25) is 0 Å². The van der Waals surface area contributed by atoms with Crippen LogP contribution in [-0.2, 0) is 17.8 Å². The van der Waals surface area contributed by atoms with Crippen LogP contribution in [-0.4, -0.2) is 17.0 Å². The molecule has 0 aliphatic carbocycles. The van der Waals surface area contributed by atoms with Crippen LogP contribution in [0.5, 0.6) is 5.75 Å². The Hall–Kier alpha value is -5.41. The minimum atomic E-state index is -1.000. The summed E-state index contributed by atoms with van der Waals surface area (Å²) in [5.74, 6) is -1.04. The van der Waals surface area contributed by atoms with Gasteiger partial charge in [-0.25, -0.2) is 4.79 Å². The topological polar surface area (TPSA) is 99.4 Å². The summed E-state index contributed by atoms with van der Waals surface area (Å²) in [6.07, 6.45) is 0.325. The first-order valence-electron chi connectivity index (χ1n) is 13.3. The number of benzene rings is 5. The molecule has 2 N–H and O–H groups in total. The number of nitriles is 1. The van der Waals surface area contributed by atoms with Crippen LogP contribution >= 0.6 is 0 Å². The number of aromatic carboxylic acids is 1. The number of fused-ring (bicyclic) bond motifs is 1. The lowest BCUT2D eigenvalue weighted by Gasteiger charge is -2.18. The van der Waals surface area contributed by atoms with Gasteiger partial charge in [0.15, 0.2) is 0 Å². The molecule has 6 nitrogen and oxygen atoms in total. The molecule has 5 aromatic carbocycles. The van der Waals surface area contributed by atoms with Gasteiger partial charge in [0.1, 0.15) is 12.4 Å². The fraction of sp³-hybridized carbons (Fsp3) is 0.114. The Labute approximate surface area is 238 Å². The van der Waals surface area contributed by atoms with Gasteiger partial charge in [-0.05, 0) is 70.3 Å². The number of ether oxygens (including phenoxy) is 1. The highest BCUT2D eigenvalue weighted by molar-refractivity contribution is 6.00. The summed E-state index contributed by atoms with van der Waals surface area (Å²) in [6.45, 7) is 2.11. The van der Waals surface area contributed by atoms with Gasteiger partial charge < -0.3 is 15.2 Å². The standard InChI is InChI=1S/C35H28N2O4/c1-23(30-15-7-11-26-9-2-4-13-31(26)30)34(38)37-33-19-25(22-41-29-12-6-8-24(18-29)21-36)16-17-28(33)20-27-10-3-5-14-32(27)35(39)40/h2-19,23H,20,22H2,1H3,(H,37,38)(H,39,40). The number of carboxylic acid groups (broad SMARTS) is 1. The highest BCUT2D eigenvalue weighted by atomic mass is 16.5. The second-order valence-corrected chi connectivity index (χ2v) is 9.84. The van der Waals surface area contributed by atoms with Crippen LogP contribution in [0.4, 0.5) is 5.69 Å². The highest BCUT2D eigenvalue weighted by Gasteiger charge is 2.20. The van der Waals surface area contributed by atoms with Crippen molar-refractivity contribution in [2.75, 3.05) is 5.32 Å². The van der Waals surface area contributed by atoms with Crippen molar-refractivity contribution in [1.29, 1.82) is 5.26 Å². The summed E-state index contributed by atoms with van der Waals surface area (Å²) >= 11 is 0. The molecule has 0 spiro atoms. The zero-order valence-electron chi connectivity index (χ0n) is 22.5. The quantitative estimate of drug-likeness (QED) is 0.204. The summed E-state index contributed by atoms with van der Waals surface area (Å²) < 4.78 is 5.93. The Morgan fingerprint density at radius 3 is 2.46 bits per heavy atom. The molecule has 0 radical (unpaired) electrons. The van der Waals surface area contributed by atoms with E-state index in [4.69, 9.17) is 4.74 Å². The molecule has 1 amide bonds. The number of hydrogen-bond donors (Lipinski definition) is 2. The van der Waals surface area contributed by atoms with Gasteiger partial charge in [-0.2, -0.15) is 5.26 Å². The second-order valence-electron chi connectivity index (χ2n) is 9.84. The van der Waals surface area contributed by atoms with E-state index in [1.54, 1.807) is 48.5 Å². The number of hydrogen-bond acceptors (Lipinski definition) is 4. The molecule has 41 heavy (non-hydrogen) atoms. The average Bonchev–Trinajstić information content (AvgIpc) is 3.00. The van der Waals surface area contributed by atoms with Crippen molar-refractivity contribution in [2.45, 2.75) is 25.9 Å². The van der Waals surface area contributed by atoms with Crippen molar-refractivity contribution in [2.24, 2.45) is 0 Å². The van der Waals surface area contributed by atoms with E-state index >= 15 is 0 Å². The van der Waals surface area contributed by atoms with E-state index in [1.165, 1.54) is 0 Å². The van der Waals surface area contributed by atoms with E-state index in [2.05, 4.69) is 11.4 Å². The fourth-order valence-corrected chi connectivity index (χ4v) is 4.90. The van der Waals surface area contributed by atoms with Gasteiger partial charge in [-0.1, -0.05) is 78.9 Å². The number of anilines is 1. The van der Waals surface area contributed by atoms with E-state index in [1.807, 2.05) is 67.6 Å². The average molecular weight is 541 g/mol. The molecule has 0 aliphatic heterocycles. The lowest BCUT2D eigenvalue weighted by molar-refractivity contribution is -0.117. The lowest BCUT2D eigenvalue weighted by atomic mass is 9.93. The Kier molecular flexibility index (Phi) is 8.08. The Morgan fingerprint density at radius 1 is 0.878 bits per heavy atom. The third kappa shape index (κ3) is 6.26. The second kappa shape index (κ2) is 12.2. The number of carboxylic acids is 1. The first-order valence-corrected chi connectivity index (χ1v) is 13.3. The zero-order chi connectivity index (χ0) is 28.8. The maximum absolute atomic E-state index is 13.6. The number of carbonyl (C=O) groups is 2. The molecule has 0 saturated heterocycles. The molecule has 6 heteroatoms. The van der Waals surface area contributed by atoms with Crippen molar-refractivity contribution in [3.8, 4) is 11.8 Å². The minimum Gasteiger partial charge on any atom is -0.489 e. The van der Waals surface area contributed by atoms with Gasteiger partial charge in [0.05, 0.1) is 23.1 Å². The minimum absolute atomic E-state index is 0.172. The summed E-state index contributed by atoms with van der Waals surface area (Å²) in [5.41, 5.74) is 4.49. The van der Waals surface area contributed by atoms with Crippen LogP contribution in [0.3, 0.4) is 0 Å². The van der Waals surface area contributed by atoms with Gasteiger partial charge in [0, 0.05) is 12.1 Å². The number of nitrogens with one attached hydrogen (secondary N) is 1. The maximum atomic E-state index is 13.6. The monoisotopic (exact) mass is 540 g/mol. The van der Waals surface area contributed by atoms with Crippen molar-refractivity contribution in [3.05, 3.63) is 143 Å². The molecule has 1 unspecified atom stereocenters.